The lowest BCUT2D eigenvalue weighted by atomic mass is 10.3. The average molecular weight is 285 g/mol. The zero-order valence-corrected chi connectivity index (χ0v) is 12.0. The Morgan fingerprint density at radius 3 is 2.52 bits per heavy atom. The van der Waals surface area contributed by atoms with Crippen LogP contribution in [0.2, 0.25) is 0 Å². The number of nitrogens with zero attached hydrogens (tertiary/aromatic N) is 5. The fourth-order valence-corrected chi connectivity index (χ4v) is 3.22. The molecule has 2 aromatic rings. The third-order valence-corrected chi connectivity index (χ3v) is 4.41. The molecule has 4 rings (SSSR count). The van der Waals surface area contributed by atoms with E-state index in [2.05, 4.69) is 15.0 Å². The van der Waals surface area contributed by atoms with Crippen LogP contribution in [0.4, 0.5) is 5.82 Å². The number of fused-ring (bicyclic) bond motifs is 1. The molecule has 2 saturated heterocycles. The maximum absolute atomic E-state index is 12.6. The molecule has 1 amide bonds. The minimum Gasteiger partial charge on any atom is -0.357 e. The number of rotatable bonds is 2. The molecule has 0 aliphatic carbocycles. The minimum atomic E-state index is 0.0635. The van der Waals surface area contributed by atoms with Crippen molar-refractivity contribution in [3.63, 3.8) is 0 Å². The molecule has 2 fully saturated rings. The first-order valence-electron chi connectivity index (χ1n) is 7.71. The van der Waals surface area contributed by atoms with Crippen molar-refractivity contribution < 1.29 is 4.79 Å². The zero-order chi connectivity index (χ0) is 14.2. The Bertz CT molecular complexity index is 668. The van der Waals surface area contributed by atoms with E-state index in [1.807, 2.05) is 17.2 Å². The van der Waals surface area contributed by atoms with Crippen molar-refractivity contribution in [2.24, 2.45) is 0 Å². The van der Waals surface area contributed by atoms with Gasteiger partial charge >= 0.3 is 0 Å². The summed E-state index contributed by atoms with van der Waals surface area (Å²) >= 11 is 0. The highest BCUT2D eigenvalue weighted by Gasteiger charge is 2.24. The summed E-state index contributed by atoms with van der Waals surface area (Å²) in [5.41, 5.74) is 1.30. The Hall–Kier alpha value is -2.11. The van der Waals surface area contributed by atoms with Crippen LogP contribution in [-0.2, 0) is 0 Å². The highest BCUT2D eigenvalue weighted by molar-refractivity contribution is 5.99. The highest BCUT2D eigenvalue weighted by Crippen LogP contribution is 2.21. The summed E-state index contributed by atoms with van der Waals surface area (Å²) in [6.45, 7) is 3.80. The number of hydrogen-bond acceptors (Lipinski definition) is 4. The summed E-state index contributed by atoms with van der Waals surface area (Å²) < 4.78 is 1.70. The van der Waals surface area contributed by atoms with Crippen molar-refractivity contribution in [2.45, 2.75) is 25.7 Å². The number of hydrogen-bond donors (Lipinski definition) is 0. The van der Waals surface area contributed by atoms with Crippen LogP contribution >= 0.6 is 0 Å². The van der Waals surface area contributed by atoms with Gasteiger partial charge in [-0.3, -0.25) is 4.79 Å². The summed E-state index contributed by atoms with van der Waals surface area (Å²) in [5.74, 6) is 1.02. The first-order chi connectivity index (χ1) is 10.3. The fraction of sp³-hybridized carbons (Fsp3) is 0.533. The van der Waals surface area contributed by atoms with E-state index in [0.717, 1.165) is 44.8 Å². The van der Waals surface area contributed by atoms with Crippen molar-refractivity contribution in [3.05, 3.63) is 24.0 Å². The smallest absolute Gasteiger partial charge is 0.259 e. The predicted octanol–water partition coefficient (Wildman–Crippen LogP) is 1.57. The molecule has 0 unspecified atom stereocenters. The molecule has 2 aromatic heterocycles. The second kappa shape index (κ2) is 5.02. The van der Waals surface area contributed by atoms with Gasteiger partial charge in [0.2, 0.25) is 0 Å². The van der Waals surface area contributed by atoms with Crippen molar-refractivity contribution in [2.75, 3.05) is 31.1 Å². The summed E-state index contributed by atoms with van der Waals surface area (Å²) in [6.07, 6.45) is 8.17. The number of likely N-dealkylation sites (tertiary alicyclic amines) is 1. The molecule has 2 aliphatic heterocycles. The summed E-state index contributed by atoms with van der Waals surface area (Å²) in [6, 6.07) is 1.98. The summed E-state index contributed by atoms with van der Waals surface area (Å²) in [5, 5.41) is 4.27. The molecule has 6 heteroatoms. The molecule has 0 aromatic carbocycles. The second-order valence-electron chi connectivity index (χ2n) is 5.81. The topological polar surface area (TPSA) is 53.7 Å². The van der Waals surface area contributed by atoms with E-state index in [1.165, 1.54) is 12.8 Å². The third kappa shape index (κ3) is 2.14. The van der Waals surface area contributed by atoms with Gasteiger partial charge in [-0.15, -0.1) is 0 Å². The minimum absolute atomic E-state index is 0.0635. The van der Waals surface area contributed by atoms with Crippen molar-refractivity contribution in [1.29, 1.82) is 0 Å². The number of carbonyl (C=O) groups is 1. The Morgan fingerprint density at radius 1 is 1.05 bits per heavy atom. The van der Waals surface area contributed by atoms with Crippen LogP contribution in [0.25, 0.3) is 5.65 Å². The van der Waals surface area contributed by atoms with E-state index >= 15 is 0 Å². The summed E-state index contributed by atoms with van der Waals surface area (Å²) in [7, 11) is 0. The first-order valence-corrected chi connectivity index (χ1v) is 7.71. The molecule has 110 valence electrons. The van der Waals surface area contributed by atoms with E-state index in [-0.39, 0.29) is 5.91 Å². The maximum atomic E-state index is 12.6. The fourth-order valence-electron chi connectivity index (χ4n) is 3.22. The van der Waals surface area contributed by atoms with E-state index in [0.29, 0.717) is 11.2 Å². The van der Waals surface area contributed by atoms with Gasteiger partial charge in [0, 0.05) is 32.4 Å². The molecule has 0 saturated carbocycles. The molecule has 21 heavy (non-hydrogen) atoms. The van der Waals surface area contributed by atoms with Gasteiger partial charge in [0.1, 0.15) is 11.4 Å². The largest absolute Gasteiger partial charge is 0.357 e. The van der Waals surface area contributed by atoms with E-state index < -0.39 is 0 Å². The van der Waals surface area contributed by atoms with Gasteiger partial charge in [0.15, 0.2) is 5.65 Å². The molecule has 6 nitrogen and oxygen atoms in total. The van der Waals surface area contributed by atoms with Crippen molar-refractivity contribution in [1.82, 2.24) is 19.5 Å². The SMILES string of the molecule is O=C(c1cnn2ccc(N3CCCC3)nc12)N1CCCC1. The number of aromatic nitrogens is 3. The van der Waals surface area contributed by atoms with Gasteiger partial charge in [-0.25, -0.2) is 9.50 Å². The zero-order valence-electron chi connectivity index (χ0n) is 12.0. The summed E-state index contributed by atoms with van der Waals surface area (Å²) in [4.78, 5) is 21.4. The first kappa shape index (κ1) is 12.6. The lowest BCUT2D eigenvalue weighted by Gasteiger charge is -2.17. The van der Waals surface area contributed by atoms with E-state index in [4.69, 9.17) is 0 Å². The molecule has 4 heterocycles. The quantitative estimate of drug-likeness (QED) is 0.840. The second-order valence-corrected chi connectivity index (χ2v) is 5.81. The van der Waals surface area contributed by atoms with Crippen LogP contribution in [0.15, 0.2) is 18.5 Å². The molecule has 0 bridgehead atoms. The third-order valence-electron chi connectivity index (χ3n) is 4.41. The molecular weight excluding hydrogens is 266 g/mol. The van der Waals surface area contributed by atoms with Gasteiger partial charge in [0.25, 0.3) is 5.91 Å². The number of anilines is 1. The number of carbonyl (C=O) groups excluding carboxylic acids is 1. The Morgan fingerprint density at radius 2 is 1.76 bits per heavy atom. The average Bonchev–Trinajstić information content (AvgIpc) is 3.25. The Balaban J connectivity index is 1.71. The van der Waals surface area contributed by atoms with E-state index in [1.54, 1.807) is 10.7 Å². The van der Waals surface area contributed by atoms with Gasteiger partial charge in [-0.1, -0.05) is 0 Å². The van der Waals surface area contributed by atoms with Crippen LogP contribution in [-0.4, -0.2) is 51.6 Å². The van der Waals surface area contributed by atoms with E-state index in [9.17, 15) is 4.79 Å². The van der Waals surface area contributed by atoms with Crippen LogP contribution in [0.3, 0.4) is 0 Å². The lowest BCUT2D eigenvalue weighted by Crippen LogP contribution is -2.27. The molecule has 0 spiro atoms. The Labute approximate surface area is 123 Å². The lowest BCUT2D eigenvalue weighted by molar-refractivity contribution is 0.0794. The molecular formula is C15H19N5O. The molecule has 0 radical (unpaired) electrons. The maximum Gasteiger partial charge on any atom is 0.259 e. The van der Waals surface area contributed by atoms with Crippen molar-refractivity contribution >= 4 is 17.4 Å². The van der Waals surface area contributed by atoms with Gasteiger partial charge in [0.05, 0.1) is 6.20 Å². The van der Waals surface area contributed by atoms with Crippen LogP contribution in [0.5, 0.6) is 0 Å². The molecule has 2 aliphatic rings. The van der Waals surface area contributed by atoms with Gasteiger partial charge in [-0.2, -0.15) is 5.10 Å². The Kier molecular flexibility index (Phi) is 3.02. The van der Waals surface area contributed by atoms with Crippen LogP contribution in [0.1, 0.15) is 36.0 Å². The monoisotopic (exact) mass is 285 g/mol. The van der Waals surface area contributed by atoms with Crippen LogP contribution in [0, 0.1) is 0 Å². The molecule has 0 atom stereocenters. The highest BCUT2D eigenvalue weighted by atomic mass is 16.2. The van der Waals surface area contributed by atoms with Gasteiger partial charge in [-0.05, 0) is 31.7 Å². The predicted molar refractivity (Wildman–Crippen MR) is 79.6 cm³/mol. The number of amides is 1. The van der Waals surface area contributed by atoms with Crippen LogP contribution < -0.4 is 4.90 Å². The molecule has 0 N–H and O–H groups in total. The van der Waals surface area contributed by atoms with Crippen molar-refractivity contribution in [3.8, 4) is 0 Å². The standard InChI is InChI=1S/C15H19N5O/c21-15(19-8-3-4-9-19)12-11-16-20-10-5-13(17-14(12)20)18-6-1-2-7-18/h5,10-11H,1-4,6-9H2. The van der Waals surface area contributed by atoms with Gasteiger partial charge < -0.3 is 9.80 Å². The normalized spacial score (nSPS) is 18.9.